The van der Waals surface area contributed by atoms with Crippen LogP contribution < -0.4 is 4.74 Å². The smallest absolute Gasteiger partial charge is 0.310 e. The van der Waals surface area contributed by atoms with Crippen LogP contribution in [0.3, 0.4) is 0 Å². The Labute approximate surface area is 173 Å². The van der Waals surface area contributed by atoms with Gasteiger partial charge in [-0.3, -0.25) is 9.59 Å². The van der Waals surface area contributed by atoms with Gasteiger partial charge in [0.15, 0.2) is 0 Å². The first-order valence-corrected chi connectivity index (χ1v) is 9.84. The monoisotopic (exact) mass is 409 g/mol. The number of hydrogen-bond acceptors (Lipinski definition) is 5. The van der Waals surface area contributed by atoms with Crippen LogP contribution >= 0.6 is 0 Å². The first kappa shape index (κ1) is 20.0. The number of aliphatic hydroxyl groups excluding tert-OH is 1. The molecule has 2 N–H and O–H groups in total. The number of carboxylic acids is 1. The van der Waals surface area contributed by atoms with Crippen molar-refractivity contribution in [1.82, 2.24) is 4.90 Å². The second-order valence-corrected chi connectivity index (χ2v) is 7.52. The molecule has 0 unspecified atom stereocenters. The number of aliphatic hydroxyl groups is 1. The summed E-state index contributed by atoms with van der Waals surface area (Å²) in [5.41, 5.74) is 1.99. The number of piperidine rings is 1. The molecule has 2 heterocycles. The molecule has 2 atom stereocenters. The van der Waals surface area contributed by atoms with Crippen molar-refractivity contribution in [2.24, 2.45) is 5.92 Å². The van der Waals surface area contributed by atoms with Gasteiger partial charge in [-0.15, -0.1) is 0 Å². The van der Waals surface area contributed by atoms with E-state index < -0.39 is 18.0 Å². The van der Waals surface area contributed by atoms with Crippen LogP contribution in [-0.4, -0.2) is 46.2 Å². The molecule has 0 bridgehead atoms. The van der Waals surface area contributed by atoms with Gasteiger partial charge in [-0.1, -0.05) is 30.3 Å². The van der Waals surface area contributed by atoms with Gasteiger partial charge in [0.25, 0.3) is 5.91 Å². The molecule has 7 heteroatoms. The molecule has 1 aromatic heterocycles. The summed E-state index contributed by atoms with van der Waals surface area (Å²) in [5, 5.41) is 19.9. The minimum absolute atomic E-state index is 0.0361. The van der Waals surface area contributed by atoms with Crippen molar-refractivity contribution in [1.29, 1.82) is 0 Å². The minimum atomic E-state index is -1.11. The maximum atomic E-state index is 13.2. The number of hydrogen-bond donors (Lipinski definition) is 2. The highest BCUT2D eigenvalue weighted by molar-refractivity contribution is 6.07. The Hall–Kier alpha value is -3.32. The van der Waals surface area contributed by atoms with Gasteiger partial charge < -0.3 is 24.3 Å². The van der Waals surface area contributed by atoms with E-state index in [1.54, 1.807) is 25.1 Å². The van der Waals surface area contributed by atoms with Crippen molar-refractivity contribution in [2.75, 3.05) is 13.1 Å². The highest BCUT2D eigenvalue weighted by Crippen LogP contribution is 2.31. The van der Waals surface area contributed by atoms with Gasteiger partial charge in [-0.2, -0.15) is 0 Å². The molecule has 0 spiro atoms. The van der Waals surface area contributed by atoms with Crippen LogP contribution in [0.25, 0.3) is 11.0 Å². The maximum absolute atomic E-state index is 13.2. The molecular weight excluding hydrogens is 386 g/mol. The van der Waals surface area contributed by atoms with E-state index in [1.807, 2.05) is 30.3 Å². The van der Waals surface area contributed by atoms with Crippen LogP contribution in [0, 0.1) is 12.8 Å². The molecule has 2 aromatic carbocycles. The van der Waals surface area contributed by atoms with E-state index >= 15 is 0 Å². The van der Waals surface area contributed by atoms with E-state index in [1.165, 1.54) is 4.90 Å². The first-order valence-electron chi connectivity index (χ1n) is 9.84. The second-order valence-electron chi connectivity index (χ2n) is 7.52. The molecule has 4 rings (SSSR count). The number of amides is 1. The minimum Gasteiger partial charge on any atom is -0.489 e. The lowest BCUT2D eigenvalue weighted by Gasteiger charge is -2.34. The SMILES string of the molecule is Cc1oc2ccc(OCc3ccccc3)cc2c1C(=O)N1CC[C@H](O)[C@H](C(=O)O)C1. The molecule has 3 aromatic rings. The van der Waals surface area contributed by atoms with Crippen LogP contribution in [0.5, 0.6) is 5.75 Å². The Morgan fingerprint density at radius 1 is 1.20 bits per heavy atom. The number of aryl methyl sites for hydroxylation is 1. The van der Waals surface area contributed by atoms with Gasteiger partial charge in [0, 0.05) is 18.5 Å². The molecule has 0 radical (unpaired) electrons. The number of rotatable bonds is 5. The lowest BCUT2D eigenvalue weighted by Crippen LogP contribution is -2.48. The molecule has 1 fully saturated rings. The molecule has 1 aliphatic heterocycles. The number of benzene rings is 2. The largest absolute Gasteiger partial charge is 0.489 e. The van der Waals surface area contributed by atoms with E-state index in [0.717, 1.165) is 5.56 Å². The highest BCUT2D eigenvalue weighted by Gasteiger charge is 2.36. The van der Waals surface area contributed by atoms with E-state index in [4.69, 9.17) is 9.15 Å². The molecule has 156 valence electrons. The highest BCUT2D eigenvalue weighted by atomic mass is 16.5. The summed E-state index contributed by atoms with van der Waals surface area (Å²) in [4.78, 5) is 26.1. The third kappa shape index (κ3) is 3.89. The quantitative estimate of drug-likeness (QED) is 0.671. The molecular formula is C23H23NO6. The summed E-state index contributed by atoms with van der Waals surface area (Å²) >= 11 is 0. The number of furan rings is 1. The van der Waals surface area contributed by atoms with Gasteiger partial charge in [-0.05, 0) is 37.1 Å². The van der Waals surface area contributed by atoms with Crippen molar-refractivity contribution < 1.29 is 29.0 Å². The Balaban J connectivity index is 1.59. The topological polar surface area (TPSA) is 100 Å². The van der Waals surface area contributed by atoms with E-state index in [-0.39, 0.29) is 18.9 Å². The summed E-state index contributed by atoms with van der Waals surface area (Å²) < 4.78 is 11.6. The average Bonchev–Trinajstić information content (AvgIpc) is 3.07. The van der Waals surface area contributed by atoms with Crippen molar-refractivity contribution in [3.63, 3.8) is 0 Å². The van der Waals surface area contributed by atoms with Gasteiger partial charge in [0.05, 0.1) is 11.7 Å². The molecule has 1 amide bonds. The van der Waals surface area contributed by atoms with Crippen LogP contribution in [-0.2, 0) is 11.4 Å². The summed E-state index contributed by atoms with van der Waals surface area (Å²) in [7, 11) is 0. The molecule has 1 aliphatic rings. The van der Waals surface area contributed by atoms with Crippen molar-refractivity contribution in [3.8, 4) is 5.75 Å². The van der Waals surface area contributed by atoms with Crippen molar-refractivity contribution in [3.05, 3.63) is 65.4 Å². The van der Waals surface area contributed by atoms with Gasteiger partial charge in [0.1, 0.15) is 29.6 Å². The fourth-order valence-corrected chi connectivity index (χ4v) is 3.82. The fourth-order valence-electron chi connectivity index (χ4n) is 3.82. The number of ether oxygens (including phenoxy) is 1. The maximum Gasteiger partial charge on any atom is 0.310 e. The number of aliphatic carboxylic acids is 1. The third-order valence-electron chi connectivity index (χ3n) is 5.48. The van der Waals surface area contributed by atoms with Crippen LogP contribution in [0.1, 0.15) is 28.1 Å². The number of carboxylic acid groups (broad SMARTS) is 1. The summed E-state index contributed by atoms with van der Waals surface area (Å²) in [6.45, 7) is 2.37. The van der Waals surface area contributed by atoms with E-state index in [0.29, 0.717) is 41.2 Å². The first-order chi connectivity index (χ1) is 14.4. The Morgan fingerprint density at radius 3 is 2.70 bits per heavy atom. The second kappa shape index (κ2) is 8.20. The summed E-state index contributed by atoms with van der Waals surface area (Å²) in [5.74, 6) is -1.33. The van der Waals surface area contributed by atoms with Crippen LogP contribution in [0.2, 0.25) is 0 Å². The number of likely N-dealkylation sites (tertiary alicyclic amines) is 1. The molecule has 7 nitrogen and oxygen atoms in total. The normalized spacial score (nSPS) is 19.1. The van der Waals surface area contributed by atoms with E-state index in [9.17, 15) is 19.8 Å². The Bertz CT molecular complexity index is 1070. The molecule has 1 saturated heterocycles. The zero-order chi connectivity index (χ0) is 21.3. The van der Waals surface area contributed by atoms with Crippen LogP contribution in [0.4, 0.5) is 0 Å². The zero-order valence-corrected chi connectivity index (χ0v) is 16.6. The predicted octanol–water partition coefficient (Wildman–Crippen LogP) is 3.23. The Kier molecular flexibility index (Phi) is 5.46. The lowest BCUT2D eigenvalue weighted by atomic mass is 9.94. The summed E-state index contributed by atoms with van der Waals surface area (Å²) in [6, 6.07) is 15.1. The number of nitrogens with zero attached hydrogens (tertiary/aromatic N) is 1. The van der Waals surface area contributed by atoms with Gasteiger partial charge >= 0.3 is 5.97 Å². The van der Waals surface area contributed by atoms with Gasteiger partial charge in [-0.25, -0.2) is 0 Å². The van der Waals surface area contributed by atoms with E-state index in [2.05, 4.69) is 0 Å². The number of carbonyl (C=O) groups is 2. The number of fused-ring (bicyclic) bond motifs is 1. The lowest BCUT2D eigenvalue weighted by molar-refractivity contribution is -0.148. The average molecular weight is 409 g/mol. The molecule has 30 heavy (non-hydrogen) atoms. The fraction of sp³-hybridized carbons (Fsp3) is 0.304. The predicted molar refractivity (Wildman–Crippen MR) is 109 cm³/mol. The van der Waals surface area contributed by atoms with Crippen molar-refractivity contribution in [2.45, 2.75) is 26.1 Å². The zero-order valence-electron chi connectivity index (χ0n) is 16.6. The molecule has 0 aliphatic carbocycles. The third-order valence-corrected chi connectivity index (χ3v) is 5.48. The van der Waals surface area contributed by atoms with Crippen molar-refractivity contribution >= 4 is 22.8 Å². The number of carbonyl (C=O) groups excluding carboxylic acids is 1. The van der Waals surface area contributed by atoms with Gasteiger partial charge in [0.2, 0.25) is 0 Å². The van der Waals surface area contributed by atoms with Crippen LogP contribution in [0.15, 0.2) is 52.9 Å². The Morgan fingerprint density at radius 2 is 1.97 bits per heavy atom. The summed E-state index contributed by atoms with van der Waals surface area (Å²) in [6.07, 6.45) is -0.727. The standard InChI is InChI=1S/C23H23NO6/c1-14-21(22(26)24-10-9-19(25)18(12-24)23(27)28)17-11-16(7-8-20(17)30-14)29-13-15-5-3-2-4-6-15/h2-8,11,18-19,25H,9-10,12-13H2,1H3,(H,27,28)/t18-,19+/m1/s1. The molecule has 0 saturated carbocycles.